The van der Waals surface area contributed by atoms with Crippen LogP contribution in [0, 0.1) is 5.92 Å². The molecule has 2 N–H and O–H groups in total. The van der Waals surface area contributed by atoms with Gasteiger partial charge in [-0.05, 0) is 12.8 Å². The van der Waals surface area contributed by atoms with E-state index in [0.717, 1.165) is 37.9 Å². The number of aromatic nitrogens is 3. The molecule has 0 aliphatic heterocycles. The molecule has 16 heavy (non-hydrogen) atoms. The first-order chi connectivity index (χ1) is 7.72. The van der Waals surface area contributed by atoms with Gasteiger partial charge >= 0.3 is 5.97 Å². The molecule has 1 aliphatic rings. The van der Waals surface area contributed by atoms with E-state index >= 15 is 0 Å². The van der Waals surface area contributed by atoms with Crippen molar-refractivity contribution in [3.05, 3.63) is 11.6 Å². The minimum atomic E-state index is -0.715. The van der Waals surface area contributed by atoms with E-state index < -0.39 is 5.97 Å². The lowest BCUT2D eigenvalue weighted by Crippen LogP contribution is -2.26. The largest absolute Gasteiger partial charge is 0.481 e. The lowest BCUT2D eigenvalue weighted by atomic mass is 9.79. The minimum absolute atomic E-state index is 0.0113. The second-order valence-electron chi connectivity index (χ2n) is 4.33. The van der Waals surface area contributed by atoms with Crippen LogP contribution in [0.2, 0.25) is 0 Å². The molecule has 0 amide bonds. The highest BCUT2D eigenvalue weighted by atomic mass is 16.4. The third-order valence-electron chi connectivity index (χ3n) is 3.30. The Balaban J connectivity index is 2.19. The van der Waals surface area contributed by atoms with Gasteiger partial charge < -0.3 is 5.11 Å². The Kier molecular flexibility index (Phi) is 3.22. The number of nitrogens with zero attached hydrogens (tertiary/aromatic N) is 2. The van der Waals surface area contributed by atoms with Crippen molar-refractivity contribution < 1.29 is 9.90 Å². The summed E-state index contributed by atoms with van der Waals surface area (Å²) < 4.78 is 0. The van der Waals surface area contributed by atoms with Crippen molar-refractivity contribution in [2.24, 2.45) is 5.92 Å². The van der Waals surface area contributed by atoms with Crippen LogP contribution < -0.4 is 0 Å². The van der Waals surface area contributed by atoms with Gasteiger partial charge in [-0.25, -0.2) is 4.98 Å². The number of aryl methyl sites for hydroxylation is 1. The average molecular weight is 223 g/mol. The van der Waals surface area contributed by atoms with Crippen LogP contribution in [0.5, 0.6) is 0 Å². The number of aromatic amines is 1. The van der Waals surface area contributed by atoms with Gasteiger partial charge in [0.1, 0.15) is 5.82 Å². The summed E-state index contributed by atoms with van der Waals surface area (Å²) in [5.74, 6) is 0.485. The first-order valence-electron chi connectivity index (χ1n) is 5.86. The van der Waals surface area contributed by atoms with Crippen LogP contribution in [-0.2, 0) is 11.2 Å². The van der Waals surface area contributed by atoms with Gasteiger partial charge in [-0.1, -0.05) is 19.8 Å². The van der Waals surface area contributed by atoms with Crippen LogP contribution in [0.3, 0.4) is 0 Å². The number of hydrogen-bond donors (Lipinski definition) is 2. The molecule has 0 saturated heterocycles. The summed E-state index contributed by atoms with van der Waals surface area (Å²) in [4.78, 5) is 15.5. The molecule has 0 aromatic carbocycles. The normalized spacial score (nSPS) is 25.6. The fourth-order valence-electron chi connectivity index (χ4n) is 2.37. The molecule has 0 spiro atoms. The fourth-order valence-corrected chi connectivity index (χ4v) is 2.37. The third-order valence-corrected chi connectivity index (χ3v) is 3.30. The van der Waals surface area contributed by atoms with E-state index in [1.807, 2.05) is 6.92 Å². The molecule has 5 nitrogen and oxygen atoms in total. The van der Waals surface area contributed by atoms with Gasteiger partial charge in [-0.3, -0.25) is 9.89 Å². The Hall–Kier alpha value is -1.39. The zero-order valence-corrected chi connectivity index (χ0v) is 9.44. The molecular formula is C11H17N3O2. The number of H-pyrrole nitrogens is 1. The molecule has 1 aromatic heterocycles. The maximum absolute atomic E-state index is 11.1. The molecule has 88 valence electrons. The van der Waals surface area contributed by atoms with Crippen molar-refractivity contribution >= 4 is 5.97 Å². The number of rotatable bonds is 3. The van der Waals surface area contributed by atoms with Crippen LogP contribution in [0.15, 0.2) is 0 Å². The van der Waals surface area contributed by atoms with Gasteiger partial charge in [-0.2, -0.15) is 5.10 Å². The number of hydrogen-bond acceptors (Lipinski definition) is 3. The Labute approximate surface area is 94.3 Å². The smallest absolute Gasteiger partial charge is 0.307 e. The van der Waals surface area contributed by atoms with E-state index in [1.165, 1.54) is 0 Å². The summed E-state index contributed by atoms with van der Waals surface area (Å²) >= 11 is 0. The molecular weight excluding hydrogens is 206 g/mol. The SMILES string of the molecule is CCc1nc(C2CCCCC2C(=O)O)n[nH]1. The van der Waals surface area contributed by atoms with Gasteiger partial charge in [0.25, 0.3) is 0 Å². The topological polar surface area (TPSA) is 78.9 Å². The second-order valence-corrected chi connectivity index (χ2v) is 4.33. The molecule has 2 rings (SSSR count). The van der Waals surface area contributed by atoms with E-state index in [0.29, 0.717) is 5.82 Å². The van der Waals surface area contributed by atoms with E-state index in [2.05, 4.69) is 15.2 Å². The number of carboxylic acid groups (broad SMARTS) is 1. The fraction of sp³-hybridized carbons (Fsp3) is 0.727. The van der Waals surface area contributed by atoms with Gasteiger partial charge in [0.05, 0.1) is 5.92 Å². The summed E-state index contributed by atoms with van der Waals surface area (Å²) in [6.07, 6.45) is 4.51. The molecule has 0 radical (unpaired) electrons. The second kappa shape index (κ2) is 4.63. The first-order valence-corrected chi connectivity index (χ1v) is 5.86. The lowest BCUT2D eigenvalue weighted by molar-refractivity contribution is -0.143. The summed E-state index contributed by atoms with van der Waals surface area (Å²) in [5.41, 5.74) is 0. The molecule has 1 saturated carbocycles. The van der Waals surface area contributed by atoms with Gasteiger partial charge in [0.2, 0.25) is 0 Å². The molecule has 2 atom stereocenters. The molecule has 1 aliphatic carbocycles. The maximum atomic E-state index is 11.1. The highest BCUT2D eigenvalue weighted by Gasteiger charge is 2.34. The predicted molar refractivity (Wildman–Crippen MR) is 58.1 cm³/mol. The van der Waals surface area contributed by atoms with Crippen LogP contribution in [0.1, 0.15) is 50.2 Å². The number of carboxylic acids is 1. The Morgan fingerprint density at radius 3 is 2.88 bits per heavy atom. The minimum Gasteiger partial charge on any atom is -0.481 e. The van der Waals surface area contributed by atoms with E-state index in [4.69, 9.17) is 5.11 Å². The van der Waals surface area contributed by atoms with E-state index in [1.54, 1.807) is 0 Å². The Bertz CT molecular complexity index is 375. The lowest BCUT2D eigenvalue weighted by Gasteiger charge is -2.25. The maximum Gasteiger partial charge on any atom is 0.307 e. The van der Waals surface area contributed by atoms with Crippen molar-refractivity contribution in [1.82, 2.24) is 15.2 Å². The third kappa shape index (κ3) is 2.08. The summed E-state index contributed by atoms with van der Waals surface area (Å²) in [6.45, 7) is 2.00. The highest BCUT2D eigenvalue weighted by Crippen LogP contribution is 2.36. The van der Waals surface area contributed by atoms with Crippen LogP contribution >= 0.6 is 0 Å². The molecule has 2 unspecified atom stereocenters. The van der Waals surface area contributed by atoms with E-state index in [9.17, 15) is 4.79 Å². The first kappa shape index (κ1) is 11.1. The average Bonchev–Trinajstić information content (AvgIpc) is 2.77. The van der Waals surface area contributed by atoms with E-state index in [-0.39, 0.29) is 11.8 Å². The quantitative estimate of drug-likeness (QED) is 0.817. The molecule has 1 heterocycles. The highest BCUT2D eigenvalue weighted by molar-refractivity contribution is 5.71. The monoisotopic (exact) mass is 223 g/mol. The van der Waals surface area contributed by atoms with Gasteiger partial charge in [0.15, 0.2) is 5.82 Å². The summed E-state index contributed by atoms with van der Waals surface area (Å²) in [5, 5.41) is 16.2. The Morgan fingerprint density at radius 2 is 2.25 bits per heavy atom. The number of aliphatic carboxylic acids is 1. The zero-order valence-electron chi connectivity index (χ0n) is 9.44. The summed E-state index contributed by atoms with van der Waals surface area (Å²) in [7, 11) is 0. The summed E-state index contributed by atoms with van der Waals surface area (Å²) in [6, 6.07) is 0. The van der Waals surface area contributed by atoms with Crippen molar-refractivity contribution in [2.75, 3.05) is 0 Å². The van der Waals surface area contributed by atoms with Crippen molar-refractivity contribution in [3.63, 3.8) is 0 Å². The van der Waals surface area contributed by atoms with Crippen LogP contribution in [0.25, 0.3) is 0 Å². The standard InChI is InChI=1S/C11H17N3O2/c1-2-9-12-10(14-13-9)7-5-3-4-6-8(7)11(15)16/h7-8H,2-6H2,1H3,(H,15,16)(H,12,13,14). The number of carbonyl (C=O) groups is 1. The molecule has 1 fully saturated rings. The van der Waals surface area contributed by atoms with Crippen molar-refractivity contribution in [3.8, 4) is 0 Å². The molecule has 0 bridgehead atoms. The molecule has 1 aromatic rings. The zero-order chi connectivity index (χ0) is 11.5. The predicted octanol–water partition coefficient (Wildman–Crippen LogP) is 1.73. The molecule has 5 heteroatoms. The van der Waals surface area contributed by atoms with Gasteiger partial charge in [0, 0.05) is 12.3 Å². The Morgan fingerprint density at radius 1 is 1.50 bits per heavy atom. The van der Waals surface area contributed by atoms with Crippen LogP contribution in [-0.4, -0.2) is 26.3 Å². The van der Waals surface area contributed by atoms with Crippen molar-refractivity contribution in [2.45, 2.75) is 44.9 Å². The van der Waals surface area contributed by atoms with Crippen LogP contribution in [0.4, 0.5) is 0 Å². The van der Waals surface area contributed by atoms with Gasteiger partial charge in [-0.15, -0.1) is 0 Å². The van der Waals surface area contributed by atoms with Crippen molar-refractivity contribution in [1.29, 1.82) is 0 Å². The number of nitrogens with one attached hydrogen (secondary N) is 1.